The van der Waals surface area contributed by atoms with Gasteiger partial charge in [-0.3, -0.25) is 9.69 Å². The van der Waals surface area contributed by atoms with Crippen molar-refractivity contribution in [2.75, 3.05) is 6.54 Å². The van der Waals surface area contributed by atoms with Gasteiger partial charge in [0.15, 0.2) is 0 Å². The van der Waals surface area contributed by atoms with Crippen molar-refractivity contribution in [3.63, 3.8) is 0 Å². The molecule has 0 radical (unpaired) electrons. The van der Waals surface area contributed by atoms with E-state index in [2.05, 4.69) is 12.1 Å². The number of thioether (sulfide) groups is 1. The fraction of sp³-hybridized carbons (Fsp3) is 0.0882. The summed E-state index contributed by atoms with van der Waals surface area (Å²) in [5.41, 5.74) is 5.77. The van der Waals surface area contributed by atoms with Gasteiger partial charge < -0.3 is 4.74 Å². The van der Waals surface area contributed by atoms with E-state index in [0.29, 0.717) is 22.4 Å². The minimum absolute atomic E-state index is 0.0704. The number of carbonyl (C=O) groups is 1. The molecule has 41 heavy (non-hydrogen) atoms. The van der Waals surface area contributed by atoms with E-state index in [1.807, 2.05) is 120 Å². The zero-order chi connectivity index (χ0) is 28.0. The summed E-state index contributed by atoms with van der Waals surface area (Å²) in [6.07, 6.45) is 4.61. The molecule has 1 fully saturated rings. The summed E-state index contributed by atoms with van der Waals surface area (Å²) in [6.45, 7) is 1.05. The van der Waals surface area contributed by atoms with E-state index in [1.54, 1.807) is 4.90 Å². The monoisotopic (exact) mass is 573 g/mol. The van der Waals surface area contributed by atoms with Crippen molar-refractivity contribution in [1.29, 1.82) is 0 Å². The number of aromatic nitrogens is 2. The van der Waals surface area contributed by atoms with E-state index < -0.39 is 0 Å². The molecule has 5 aromatic rings. The lowest BCUT2D eigenvalue weighted by molar-refractivity contribution is -0.122. The Morgan fingerprint density at radius 2 is 1.44 bits per heavy atom. The largest absolute Gasteiger partial charge is 0.489 e. The number of ether oxygens (including phenoxy) is 1. The molecule has 0 atom stereocenters. The van der Waals surface area contributed by atoms with E-state index >= 15 is 0 Å². The second kappa shape index (κ2) is 12.4. The van der Waals surface area contributed by atoms with Gasteiger partial charge in [-0.05, 0) is 60.0 Å². The molecule has 1 saturated heterocycles. The molecule has 6 rings (SSSR count). The SMILES string of the molecule is O=C1/C(=C\c2cn(-c3ccccc3)nc2-c2ccc(OCc3ccccc3)cc2)SC(=S)N1CCc1ccccc1. The second-order valence-corrected chi connectivity index (χ2v) is 11.3. The molecular formula is C34H27N3O2S2. The highest BCUT2D eigenvalue weighted by Gasteiger charge is 2.32. The molecule has 0 saturated carbocycles. The first-order valence-electron chi connectivity index (χ1n) is 13.4. The minimum atomic E-state index is -0.0704. The zero-order valence-electron chi connectivity index (χ0n) is 22.2. The van der Waals surface area contributed by atoms with E-state index in [-0.39, 0.29) is 5.91 Å². The van der Waals surface area contributed by atoms with Crippen molar-refractivity contribution in [2.45, 2.75) is 13.0 Å². The van der Waals surface area contributed by atoms with Crippen LogP contribution in [-0.4, -0.2) is 31.5 Å². The molecule has 0 aliphatic carbocycles. The third kappa shape index (κ3) is 6.32. The number of carbonyl (C=O) groups excluding carboxylic acids is 1. The number of nitrogens with zero attached hydrogens (tertiary/aromatic N) is 3. The maximum absolute atomic E-state index is 13.4. The maximum atomic E-state index is 13.4. The average molecular weight is 574 g/mol. The Bertz CT molecular complexity index is 1680. The highest BCUT2D eigenvalue weighted by Crippen LogP contribution is 2.35. The van der Waals surface area contributed by atoms with Gasteiger partial charge in [-0.15, -0.1) is 0 Å². The summed E-state index contributed by atoms with van der Waals surface area (Å²) < 4.78 is 8.40. The van der Waals surface area contributed by atoms with Gasteiger partial charge in [0.05, 0.1) is 16.3 Å². The van der Waals surface area contributed by atoms with Gasteiger partial charge in [-0.1, -0.05) is 103 Å². The quantitative estimate of drug-likeness (QED) is 0.135. The molecule has 5 nitrogen and oxygen atoms in total. The summed E-state index contributed by atoms with van der Waals surface area (Å²) in [5.74, 6) is 0.708. The first-order valence-corrected chi connectivity index (χ1v) is 14.6. The standard InChI is InChI=1S/C34H27N3O2S2/c38-33-31(41-34(40)36(33)21-20-25-10-4-1-5-11-25)22-28-23-37(29-14-8-3-9-15-29)35-32(28)27-16-18-30(19-17-27)39-24-26-12-6-2-7-13-26/h1-19,22-23H,20-21,24H2/b31-22+. The van der Waals surface area contributed by atoms with Gasteiger partial charge in [0.1, 0.15) is 16.7 Å². The summed E-state index contributed by atoms with van der Waals surface area (Å²) in [5, 5.41) is 4.92. The van der Waals surface area contributed by atoms with E-state index in [0.717, 1.165) is 40.2 Å². The van der Waals surface area contributed by atoms with Crippen LogP contribution in [0.3, 0.4) is 0 Å². The predicted molar refractivity (Wildman–Crippen MR) is 170 cm³/mol. The Kier molecular flexibility index (Phi) is 8.07. The highest BCUT2D eigenvalue weighted by atomic mass is 32.2. The molecule has 1 aromatic heterocycles. The van der Waals surface area contributed by atoms with Crippen LogP contribution in [0.4, 0.5) is 0 Å². The van der Waals surface area contributed by atoms with Crippen LogP contribution in [0.2, 0.25) is 0 Å². The molecule has 0 N–H and O–H groups in total. The van der Waals surface area contributed by atoms with Crippen LogP contribution in [0.1, 0.15) is 16.7 Å². The highest BCUT2D eigenvalue weighted by molar-refractivity contribution is 8.26. The lowest BCUT2D eigenvalue weighted by atomic mass is 10.1. The van der Waals surface area contributed by atoms with Crippen LogP contribution in [0.25, 0.3) is 23.0 Å². The topological polar surface area (TPSA) is 47.4 Å². The van der Waals surface area contributed by atoms with Crippen molar-refractivity contribution >= 4 is 40.3 Å². The Hall–Kier alpha value is -4.46. The Morgan fingerprint density at radius 3 is 2.12 bits per heavy atom. The molecule has 0 spiro atoms. The first-order chi connectivity index (χ1) is 20.1. The normalized spacial score (nSPS) is 14.1. The smallest absolute Gasteiger partial charge is 0.266 e. The molecular weight excluding hydrogens is 547 g/mol. The number of amides is 1. The van der Waals surface area contributed by atoms with Crippen molar-refractivity contribution in [3.8, 4) is 22.7 Å². The third-order valence-corrected chi connectivity index (χ3v) is 8.14. The first kappa shape index (κ1) is 26.7. The summed E-state index contributed by atoms with van der Waals surface area (Å²) >= 11 is 6.94. The van der Waals surface area contributed by atoms with Crippen molar-refractivity contribution in [3.05, 3.63) is 143 Å². The van der Waals surface area contributed by atoms with Gasteiger partial charge in [-0.25, -0.2) is 4.68 Å². The summed E-state index contributed by atoms with van der Waals surface area (Å²) in [6, 6.07) is 38.1. The molecule has 0 bridgehead atoms. The average Bonchev–Trinajstić information content (AvgIpc) is 3.56. The van der Waals surface area contributed by atoms with Crippen LogP contribution in [-0.2, 0) is 17.8 Å². The number of para-hydroxylation sites is 1. The van der Waals surface area contributed by atoms with Gasteiger partial charge in [-0.2, -0.15) is 5.10 Å². The van der Waals surface area contributed by atoms with Crippen LogP contribution in [0.5, 0.6) is 5.75 Å². The van der Waals surface area contributed by atoms with Crippen LogP contribution in [0.15, 0.2) is 126 Å². The molecule has 0 unspecified atom stereocenters. The van der Waals surface area contributed by atoms with Gasteiger partial charge >= 0.3 is 0 Å². The van der Waals surface area contributed by atoms with Crippen LogP contribution < -0.4 is 4.74 Å². The summed E-state index contributed by atoms with van der Waals surface area (Å²) in [7, 11) is 0. The molecule has 4 aromatic carbocycles. The lowest BCUT2D eigenvalue weighted by Crippen LogP contribution is -2.30. The van der Waals surface area contributed by atoms with Crippen molar-refractivity contribution in [1.82, 2.24) is 14.7 Å². The van der Waals surface area contributed by atoms with E-state index in [9.17, 15) is 4.79 Å². The van der Waals surface area contributed by atoms with E-state index in [1.165, 1.54) is 17.3 Å². The lowest BCUT2D eigenvalue weighted by Gasteiger charge is -2.14. The van der Waals surface area contributed by atoms with Crippen LogP contribution >= 0.6 is 24.0 Å². The van der Waals surface area contributed by atoms with Gasteiger partial charge in [0.2, 0.25) is 0 Å². The zero-order valence-corrected chi connectivity index (χ0v) is 23.9. The Morgan fingerprint density at radius 1 is 0.805 bits per heavy atom. The number of benzene rings is 4. The molecule has 7 heteroatoms. The Balaban J connectivity index is 1.26. The third-order valence-electron chi connectivity index (χ3n) is 6.77. The Labute approximate surface area is 249 Å². The number of thiocarbonyl (C=S) groups is 1. The van der Waals surface area contributed by atoms with Gasteiger partial charge in [0, 0.05) is 23.9 Å². The molecule has 1 amide bonds. The summed E-state index contributed by atoms with van der Waals surface area (Å²) in [4.78, 5) is 15.7. The molecule has 202 valence electrons. The number of hydrogen-bond acceptors (Lipinski definition) is 5. The molecule has 1 aliphatic heterocycles. The molecule has 2 heterocycles. The fourth-order valence-electron chi connectivity index (χ4n) is 4.60. The molecule has 1 aliphatic rings. The minimum Gasteiger partial charge on any atom is -0.489 e. The predicted octanol–water partition coefficient (Wildman–Crippen LogP) is 7.56. The fourth-order valence-corrected chi connectivity index (χ4v) is 5.90. The van der Waals surface area contributed by atoms with Crippen molar-refractivity contribution < 1.29 is 9.53 Å². The van der Waals surface area contributed by atoms with Crippen LogP contribution in [0, 0.1) is 0 Å². The van der Waals surface area contributed by atoms with Gasteiger partial charge in [0.25, 0.3) is 5.91 Å². The second-order valence-electron chi connectivity index (χ2n) is 9.58. The number of rotatable bonds is 9. The number of hydrogen-bond donors (Lipinski definition) is 0. The maximum Gasteiger partial charge on any atom is 0.266 e. The van der Waals surface area contributed by atoms with E-state index in [4.69, 9.17) is 22.1 Å². The van der Waals surface area contributed by atoms with Crippen molar-refractivity contribution in [2.24, 2.45) is 0 Å².